The quantitative estimate of drug-likeness (QED) is 0.477. The highest BCUT2D eigenvalue weighted by molar-refractivity contribution is 6.01. The van der Waals surface area contributed by atoms with Gasteiger partial charge in [0.2, 0.25) is 5.91 Å². The summed E-state index contributed by atoms with van der Waals surface area (Å²) in [7, 11) is 0. The Morgan fingerprint density at radius 2 is 1.59 bits per heavy atom. The number of ether oxygens (including phenoxy) is 1. The topological polar surface area (TPSA) is 82.7 Å². The Bertz CT molecular complexity index is 1100. The average molecular weight is 459 g/mol. The van der Waals surface area contributed by atoms with Gasteiger partial charge in [0.05, 0.1) is 18.8 Å². The van der Waals surface area contributed by atoms with Gasteiger partial charge >= 0.3 is 0 Å². The molecule has 7 nitrogen and oxygen atoms in total. The maximum Gasteiger partial charge on any atom is 0.253 e. The second-order valence-corrected chi connectivity index (χ2v) is 8.22. The molecule has 1 aliphatic rings. The summed E-state index contributed by atoms with van der Waals surface area (Å²) in [4.78, 5) is 27.8. The number of carbonyl (C=O) groups excluding carboxylic acids is 2. The van der Waals surface area contributed by atoms with Gasteiger partial charge in [-0.3, -0.25) is 9.59 Å². The lowest BCUT2D eigenvalue weighted by molar-refractivity contribution is -0.116. The van der Waals surface area contributed by atoms with Crippen molar-refractivity contribution < 1.29 is 14.3 Å². The number of amides is 2. The van der Waals surface area contributed by atoms with Gasteiger partial charge < -0.3 is 25.6 Å². The number of morpholine rings is 1. The normalized spacial score (nSPS) is 14.2. The number of nitrogens with one attached hydrogen (secondary N) is 3. The van der Waals surface area contributed by atoms with Crippen LogP contribution in [0.25, 0.3) is 0 Å². The van der Waals surface area contributed by atoms with Crippen molar-refractivity contribution in [3.8, 4) is 0 Å². The maximum atomic E-state index is 12.8. The van der Waals surface area contributed by atoms with E-state index in [1.54, 1.807) is 19.1 Å². The second-order valence-electron chi connectivity index (χ2n) is 8.22. The van der Waals surface area contributed by atoms with E-state index in [4.69, 9.17) is 4.74 Å². The van der Waals surface area contributed by atoms with Crippen LogP contribution in [-0.2, 0) is 16.1 Å². The third-order valence-corrected chi connectivity index (χ3v) is 5.74. The summed E-state index contributed by atoms with van der Waals surface area (Å²) in [6, 6.07) is 24.2. The van der Waals surface area contributed by atoms with E-state index in [2.05, 4.69) is 20.9 Å². The van der Waals surface area contributed by atoms with E-state index in [1.165, 1.54) is 0 Å². The van der Waals surface area contributed by atoms with Crippen LogP contribution in [0.3, 0.4) is 0 Å². The monoisotopic (exact) mass is 458 g/mol. The summed E-state index contributed by atoms with van der Waals surface area (Å²) in [5, 5.41) is 9.06. The Balaban J connectivity index is 1.34. The van der Waals surface area contributed by atoms with Crippen molar-refractivity contribution in [3.05, 3.63) is 90.0 Å². The summed E-state index contributed by atoms with van der Waals surface area (Å²) < 4.78 is 5.40. The highest BCUT2D eigenvalue weighted by atomic mass is 16.5. The number of rotatable bonds is 8. The molecule has 1 atom stereocenters. The molecule has 3 aromatic carbocycles. The first-order chi connectivity index (χ1) is 16.6. The molecular weight excluding hydrogens is 428 g/mol. The molecule has 4 rings (SSSR count). The lowest BCUT2D eigenvalue weighted by Gasteiger charge is -2.29. The van der Waals surface area contributed by atoms with Crippen LogP contribution in [0.4, 0.5) is 17.1 Å². The molecule has 0 radical (unpaired) electrons. The molecule has 176 valence electrons. The molecule has 3 aromatic rings. The molecule has 0 saturated carbocycles. The number of carbonyl (C=O) groups is 2. The number of nitrogens with zero attached hydrogens (tertiary/aromatic N) is 1. The van der Waals surface area contributed by atoms with Crippen LogP contribution >= 0.6 is 0 Å². The van der Waals surface area contributed by atoms with E-state index in [0.29, 0.717) is 17.8 Å². The number of anilines is 3. The molecule has 34 heavy (non-hydrogen) atoms. The minimum atomic E-state index is -0.540. The Hall–Kier alpha value is -3.84. The number of benzene rings is 3. The first kappa shape index (κ1) is 23.3. The van der Waals surface area contributed by atoms with Gasteiger partial charge in [0, 0.05) is 36.7 Å². The van der Waals surface area contributed by atoms with Crippen molar-refractivity contribution in [1.29, 1.82) is 0 Å². The minimum absolute atomic E-state index is 0.182. The van der Waals surface area contributed by atoms with Crippen LogP contribution in [0.15, 0.2) is 78.9 Å². The zero-order chi connectivity index (χ0) is 23.8. The lowest BCUT2D eigenvalue weighted by atomic mass is 10.1. The first-order valence-electron chi connectivity index (χ1n) is 11.5. The molecule has 2 amide bonds. The zero-order valence-corrected chi connectivity index (χ0v) is 19.3. The molecular formula is C27H30N4O3. The summed E-state index contributed by atoms with van der Waals surface area (Å²) in [6.45, 7) is 5.40. The summed E-state index contributed by atoms with van der Waals surface area (Å²) >= 11 is 0. The molecule has 0 spiro atoms. The maximum absolute atomic E-state index is 12.8. The van der Waals surface area contributed by atoms with Crippen LogP contribution in [0, 0.1) is 0 Å². The Labute approximate surface area is 200 Å². The number of para-hydroxylation sites is 1. The van der Waals surface area contributed by atoms with Crippen LogP contribution in [0.1, 0.15) is 22.8 Å². The highest BCUT2D eigenvalue weighted by Crippen LogP contribution is 2.20. The van der Waals surface area contributed by atoms with Crippen molar-refractivity contribution in [3.63, 3.8) is 0 Å². The Kier molecular flexibility index (Phi) is 7.78. The van der Waals surface area contributed by atoms with E-state index in [0.717, 1.165) is 43.2 Å². The molecule has 0 bridgehead atoms. The van der Waals surface area contributed by atoms with Crippen molar-refractivity contribution >= 4 is 28.9 Å². The van der Waals surface area contributed by atoms with Crippen LogP contribution < -0.4 is 20.9 Å². The first-order valence-corrected chi connectivity index (χ1v) is 11.5. The van der Waals surface area contributed by atoms with Crippen molar-refractivity contribution in [2.75, 3.05) is 41.8 Å². The Morgan fingerprint density at radius 3 is 2.32 bits per heavy atom. The molecule has 0 unspecified atom stereocenters. The predicted octanol–water partition coefficient (Wildman–Crippen LogP) is 3.89. The molecule has 0 aromatic heterocycles. The Morgan fingerprint density at radius 1 is 0.912 bits per heavy atom. The molecule has 1 heterocycles. The second kappa shape index (κ2) is 11.3. The van der Waals surface area contributed by atoms with Gasteiger partial charge in [-0.1, -0.05) is 42.5 Å². The summed E-state index contributed by atoms with van der Waals surface area (Å²) in [6.07, 6.45) is 0. The van der Waals surface area contributed by atoms with E-state index in [9.17, 15) is 9.59 Å². The van der Waals surface area contributed by atoms with Crippen molar-refractivity contribution in [1.82, 2.24) is 5.32 Å². The van der Waals surface area contributed by atoms with Gasteiger partial charge in [0.1, 0.15) is 6.04 Å². The minimum Gasteiger partial charge on any atom is -0.378 e. The van der Waals surface area contributed by atoms with E-state index in [1.807, 2.05) is 66.7 Å². The predicted molar refractivity (Wildman–Crippen MR) is 135 cm³/mol. The molecule has 3 N–H and O–H groups in total. The zero-order valence-electron chi connectivity index (χ0n) is 19.3. The molecule has 1 fully saturated rings. The third kappa shape index (κ3) is 6.14. The van der Waals surface area contributed by atoms with Crippen LogP contribution in [0.2, 0.25) is 0 Å². The van der Waals surface area contributed by atoms with Gasteiger partial charge in [0.15, 0.2) is 0 Å². The number of hydrogen-bond donors (Lipinski definition) is 3. The van der Waals surface area contributed by atoms with Crippen LogP contribution in [-0.4, -0.2) is 44.2 Å². The molecule has 1 aliphatic heterocycles. The van der Waals surface area contributed by atoms with E-state index in [-0.39, 0.29) is 11.8 Å². The summed E-state index contributed by atoms with van der Waals surface area (Å²) in [5.41, 5.74) is 3.97. The smallest absolute Gasteiger partial charge is 0.253 e. The van der Waals surface area contributed by atoms with Gasteiger partial charge in [0.25, 0.3) is 5.91 Å². The van der Waals surface area contributed by atoms with Gasteiger partial charge in [-0.05, 0) is 48.9 Å². The third-order valence-electron chi connectivity index (χ3n) is 5.74. The lowest BCUT2D eigenvalue weighted by Crippen LogP contribution is -2.36. The fraction of sp³-hybridized carbons (Fsp3) is 0.259. The standard InChI is InChI=1S/C27H30N4O3/c1-20(26(32)30-22-11-13-23(14-12-22)31-15-17-34-18-16-31)29-25-10-6-5-9-24(25)27(33)28-19-21-7-3-2-4-8-21/h2-14,20,29H,15-19H2,1H3,(H,28,33)(H,30,32)/t20-/m1/s1. The largest absolute Gasteiger partial charge is 0.378 e. The van der Waals surface area contributed by atoms with E-state index < -0.39 is 6.04 Å². The van der Waals surface area contributed by atoms with Gasteiger partial charge in [-0.25, -0.2) is 0 Å². The SMILES string of the molecule is C[C@@H](Nc1ccccc1C(=O)NCc1ccccc1)C(=O)Nc1ccc(N2CCOCC2)cc1. The summed E-state index contributed by atoms with van der Waals surface area (Å²) in [5.74, 6) is -0.378. The fourth-order valence-electron chi connectivity index (χ4n) is 3.81. The van der Waals surface area contributed by atoms with Crippen LogP contribution in [0.5, 0.6) is 0 Å². The average Bonchev–Trinajstić information content (AvgIpc) is 2.89. The van der Waals surface area contributed by atoms with E-state index >= 15 is 0 Å². The molecule has 7 heteroatoms. The number of hydrogen-bond acceptors (Lipinski definition) is 5. The van der Waals surface area contributed by atoms with Gasteiger partial charge in [-0.2, -0.15) is 0 Å². The molecule has 0 aliphatic carbocycles. The molecule has 1 saturated heterocycles. The van der Waals surface area contributed by atoms with Gasteiger partial charge in [-0.15, -0.1) is 0 Å². The van der Waals surface area contributed by atoms with Crippen molar-refractivity contribution in [2.45, 2.75) is 19.5 Å². The highest BCUT2D eigenvalue weighted by Gasteiger charge is 2.17. The van der Waals surface area contributed by atoms with Crippen molar-refractivity contribution in [2.24, 2.45) is 0 Å². The fourth-order valence-corrected chi connectivity index (χ4v) is 3.81.